The summed E-state index contributed by atoms with van der Waals surface area (Å²) in [5, 5.41) is 3.07. The maximum absolute atomic E-state index is 12.7. The molecule has 1 aromatic carbocycles. The molecule has 2 fully saturated rings. The molecule has 27 heavy (non-hydrogen) atoms. The molecule has 0 unspecified atom stereocenters. The van der Waals surface area contributed by atoms with E-state index in [0.717, 1.165) is 18.4 Å². The highest BCUT2D eigenvalue weighted by molar-refractivity contribution is 5.97. The van der Waals surface area contributed by atoms with Crippen LogP contribution < -0.4 is 5.32 Å². The van der Waals surface area contributed by atoms with Crippen molar-refractivity contribution in [1.29, 1.82) is 0 Å². The summed E-state index contributed by atoms with van der Waals surface area (Å²) in [5.74, 6) is 1.17. The summed E-state index contributed by atoms with van der Waals surface area (Å²) < 4.78 is 5.78. The van der Waals surface area contributed by atoms with E-state index in [2.05, 4.69) is 5.32 Å². The van der Waals surface area contributed by atoms with Gasteiger partial charge in [0, 0.05) is 24.7 Å². The number of allylic oxidation sites excluding steroid dienone is 1. The number of furan rings is 1. The second-order valence-electron chi connectivity index (χ2n) is 7.81. The van der Waals surface area contributed by atoms with Crippen molar-refractivity contribution >= 4 is 11.8 Å². The van der Waals surface area contributed by atoms with Gasteiger partial charge in [-0.3, -0.25) is 9.59 Å². The van der Waals surface area contributed by atoms with Gasteiger partial charge in [0.2, 0.25) is 5.91 Å². The monoisotopic (exact) mass is 364 g/mol. The zero-order valence-corrected chi connectivity index (χ0v) is 15.7. The molecule has 2 heterocycles. The number of rotatable bonds is 4. The Morgan fingerprint density at radius 1 is 1.19 bits per heavy atom. The molecule has 0 spiro atoms. The lowest BCUT2D eigenvalue weighted by atomic mass is 9.89. The molecule has 5 heteroatoms. The molecule has 140 valence electrons. The second-order valence-corrected chi connectivity index (χ2v) is 7.81. The Hall–Kier alpha value is -2.82. The van der Waals surface area contributed by atoms with Crippen molar-refractivity contribution in [3.8, 4) is 11.3 Å². The Bertz CT molecular complexity index is 899. The molecule has 1 saturated heterocycles. The van der Waals surface area contributed by atoms with E-state index in [1.54, 1.807) is 24.0 Å². The average molecular weight is 364 g/mol. The number of nitrogens with one attached hydrogen (secondary N) is 1. The van der Waals surface area contributed by atoms with Crippen LogP contribution in [-0.4, -0.2) is 35.3 Å². The SMILES string of the molecule is Cc1oc(-c2ccccc2)cc1C(=O)NC1(C)CN(C(=O)C=C2CCC2)C1. The van der Waals surface area contributed by atoms with Crippen LogP contribution in [0.3, 0.4) is 0 Å². The van der Waals surface area contributed by atoms with Crippen LogP contribution in [-0.2, 0) is 4.79 Å². The largest absolute Gasteiger partial charge is 0.461 e. The average Bonchev–Trinajstić information content (AvgIpc) is 2.98. The molecule has 1 saturated carbocycles. The quantitative estimate of drug-likeness (QED) is 0.842. The minimum absolute atomic E-state index is 0.0577. The summed E-state index contributed by atoms with van der Waals surface area (Å²) in [6, 6.07) is 11.5. The Labute approximate surface area is 159 Å². The van der Waals surface area contributed by atoms with E-state index >= 15 is 0 Å². The van der Waals surface area contributed by atoms with Gasteiger partial charge in [-0.25, -0.2) is 0 Å². The molecule has 4 rings (SSSR count). The van der Waals surface area contributed by atoms with Gasteiger partial charge in [-0.1, -0.05) is 35.9 Å². The predicted octanol–water partition coefficient (Wildman–Crippen LogP) is 3.70. The van der Waals surface area contributed by atoms with Crippen molar-refractivity contribution < 1.29 is 14.0 Å². The first-order valence-corrected chi connectivity index (χ1v) is 9.40. The van der Waals surface area contributed by atoms with Gasteiger partial charge in [0.1, 0.15) is 11.5 Å². The van der Waals surface area contributed by atoms with Crippen molar-refractivity contribution in [2.24, 2.45) is 0 Å². The first-order chi connectivity index (χ1) is 12.9. The van der Waals surface area contributed by atoms with Crippen LogP contribution in [0.5, 0.6) is 0 Å². The van der Waals surface area contributed by atoms with Gasteiger partial charge in [-0.2, -0.15) is 0 Å². The number of benzene rings is 1. The third kappa shape index (κ3) is 3.54. The van der Waals surface area contributed by atoms with Crippen molar-refractivity contribution in [3.63, 3.8) is 0 Å². The van der Waals surface area contributed by atoms with Crippen LogP contribution in [0.25, 0.3) is 11.3 Å². The number of amides is 2. The highest BCUT2D eigenvalue weighted by atomic mass is 16.3. The minimum atomic E-state index is -0.401. The molecule has 1 aromatic heterocycles. The molecule has 0 bridgehead atoms. The van der Waals surface area contributed by atoms with Crippen LogP contribution in [0, 0.1) is 6.92 Å². The fourth-order valence-electron chi connectivity index (χ4n) is 3.62. The first-order valence-electron chi connectivity index (χ1n) is 9.40. The van der Waals surface area contributed by atoms with E-state index in [1.807, 2.05) is 37.3 Å². The zero-order valence-electron chi connectivity index (χ0n) is 15.7. The molecule has 1 aliphatic carbocycles. The Kier molecular flexibility index (Phi) is 4.38. The van der Waals surface area contributed by atoms with Crippen molar-refractivity contribution in [3.05, 3.63) is 59.4 Å². The maximum Gasteiger partial charge on any atom is 0.255 e. The van der Waals surface area contributed by atoms with Crippen LogP contribution in [0.2, 0.25) is 0 Å². The molecule has 5 nitrogen and oxygen atoms in total. The third-order valence-electron chi connectivity index (χ3n) is 5.35. The third-order valence-corrected chi connectivity index (χ3v) is 5.35. The highest BCUT2D eigenvalue weighted by Gasteiger charge is 2.42. The summed E-state index contributed by atoms with van der Waals surface area (Å²) >= 11 is 0. The lowest BCUT2D eigenvalue weighted by Gasteiger charge is -2.48. The predicted molar refractivity (Wildman–Crippen MR) is 103 cm³/mol. The van der Waals surface area contributed by atoms with Gasteiger partial charge in [0.25, 0.3) is 5.91 Å². The van der Waals surface area contributed by atoms with Crippen LogP contribution in [0.4, 0.5) is 0 Å². The summed E-state index contributed by atoms with van der Waals surface area (Å²) in [5.41, 5.74) is 2.31. The van der Waals surface area contributed by atoms with Gasteiger partial charge < -0.3 is 14.6 Å². The summed E-state index contributed by atoms with van der Waals surface area (Å²) in [7, 11) is 0. The molecule has 0 radical (unpaired) electrons. The highest BCUT2D eigenvalue weighted by Crippen LogP contribution is 2.28. The normalized spacial score (nSPS) is 17.7. The van der Waals surface area contributed by atoms with E-state index in [-0.39, 0.29) is 11.8 Å². The molecule has 2 amide bonds. The molecule has 1 N–H and O–H groups in total. The number of hydrogen-bond donors (Lipinski definition) is 1. The smallest absolute Gasteiger partial charge is 0.255 e. The molecule has 1 aliphatic heterocycles. The first kappa shape index (κ1) is 17.6. The lowest BCUT2D eigenvalue weighted by Crippen LogP contribution is -2.69. The van der Waals surface area contributed by atoms with E-state index in [1.165, 1.54) is 12.0 Å². The molecular formula is C22H24N2O3. The van der Waals surface area contributed by atoms with E-state index in [4.69, 9.17) is 4.42 Å². The minimum Gasteiger partial charge on any atom is -0.461 e. The Balaban J connectivity index is 1.40. The summed E-state index contributed by atoms with van der Waals surface area (Å²) in [4.78, 5) is 26.7. The van der Waals surface area contributed by atoms with E-state index < -0.39 is 5.54 Å². The number of nitrogens with zero attached hydrogens (tertiary/aromatic N) is 1. The zero-order chi connectivity index (χ0) is 19.0. The standard InChI is InChI=1S/C22H24N2O3/c1-15-18(12-19(27-15)17-9-4-3-5-10-17)21(26)23-22(2)13-24(14-22)20(25)11-16-7-6-8-16/h3-5,9-12H,6-8,13-14H2,1-2H3,(H,23,26). The number of carbonyl (C=O) groups excluding carboxylic acids is 2. The van der Waals surface area contributed by atoms with E-state index in [0.29, 0.717) is 30.2 Å². The van der Waals surface area contributed by atoms with Gasteiger partial charge >= 0.3 is 0 Å². The molecule has 2 aromatic rings. The Morgan fingerprint density at radius 3 is 2.52 bits per heavy atom. The van der Waals surface area contributed by atoms with Gasteiger partial charge in [0.05, 0.1) is 11.1 Å². The number of hydrogen-bond acceptors (Lipinski definition) is 3. The number of aryl methyl sites for hydroxylation is 1. The van der Waals surface area contributed by atoms with E-state index in [9.17, 15) is 9.59 Å². The van der Waals surface area contributed by atoms with Gasteiger partial charge in [0.15, 0.2) is 0 Å². The van der Waals surface area contributed by atoms with Crippen molar-refractivity contribution in [2.75, 3.05) is 13.1 Å². The van der Waals surface area contributed by atoms with Crippen LogP contribution >= 0.6 is 0 Å². The van der Waals surface area contributed by atoms with Crippen molar-refractivity contribution in [2.45, 2.75) is 38.6 Å². The maximum atomic E-state index is 12.7. The lowest BCUT2D eigenvalue weighted by molar-refractivity contribution is -0.133. The topological polar surface area (TPSA) is 62.6 Å². The fourth-order valence-corrected chi connectivity index (χ4v) is 3.62. The summed E-state index contributed by atoms with van der Waals surface area (Å²) in [6.07, 6.45) is 5.02. The molecule has 0 atom stereocenters. The molecular weight excluding hydrogens is 340 g/mol. The fraction of sp³-hybridized carbons (Fsp3) is 0.364. The number of likely N-dealkylation sites (tertiary alicyclic amines) is 1. The van der Waals surface area contributed by atoms with Crippen LogP contribution in [0.15, 0.2) is 52.5 Å². The summed E-state index contributed by atoms with van der Waals surface area (Å²) in [6.45, 7) is 4.83. The molecule has 2 aliphatic rings. The second kappa shape index (κ2) is 6.72. The van der Waals surface area contributed by atoms with Gasteiger partial charge in [-0.05, 0) is 39.2 Å². The number of carbonyl (C=O) groups is 2. The van der Waals surface area contributed by atoms with Crippen molar-refractivity contribution in [1.82, 2.24) is 10.2 Å². The Morgan fingerprint density at radius 2 is 1.89 bits per heavy atom. The van der Waals surface area contributed by atoms with Gasteiger partial charge in [-0.15, -0.1) is 0 Å². The van der Waals surface area contributed by atoms with Crippen LogP contribution in [0.1, 0.15) is 42.3 Å².